The number of thioether (sulfide) groups is 1. The molecule has 1 saturated carbocycles. The van der Waals surface area contributed by atoms with Crippen LogP contribution in [0.1, 0.15) is 38.2 Å². The number of nitrogens with one attached hydrogen (secondary N) is 2. The van der Waals surface area contributed by atoms with Crippen molar-refractivity contribution in [2.45, 2.75) is 38.6 Å². The molecule has 7 nitrogen and oxygen atoms in total. The molecule has 8 heteroatoms. The number of hydrogen-bond acceptors (Lipinski definition) is 5. The van der Waals surface area contributed by atoms with Gasteiger partial charge in [0.1, 0.15) is 6.04 Å². The van der Waals surface area contributed by atoms with Crippen LogP contribution >= 0.6 is 11.8 Å². The number of nitrogens with zero attached hydrogens (tertiary/aromatic N) is 1. The van der Waals surface area contributed by atoms with Gasteiger partial charge in [0.05, 0.1) is 4.91 Å². The molecule has 1 aliphatic heterocycles. The maximum atomic E-state index is 12.6. The van der Waals surface area contributed by atoms with Gasteiger partial charge in [-0.1, -0.05) is 43.2 Å². The highest BCUT2D eigenvalue weighted by atomic mass is 32.2. The number of carbonyl (C=O) groups is 4. The Kier molecular flexibility index (Phi) is 7.09. The summed E-state index contributed by atoms with van der Waals surface area (Å²) in [5.74, 6) is -0.731. The lowest BCUT2D eigenvalue weighted by molar-refractivity contribution is -0.129. The topological polar surface area (TPSA) is 95.6 Å². The summed E-state index contributed by atoms with van der Waals surface area (Å²) in [4.78, 5) is 50.3. The van der Waals surface area contributed by atoms with Crippen molar-refractivity contribution in [3.05, 3.63) is 40.8 Å². The van der Waals surface area contributed by atoms with Gasteiger partial charge >= 0.3 is 0 Å². The quantitative estimate of drug-likeness (QED) is 0.667. The van der Waals surface area contributed by atoms with E-state index in [0.29, 0.717) is 4.91 Å². The molecule has 1 unspecified atom stereocenters. The summed E-state index contributed by atoms with van der Waals surface area (Å²) < 4.78 is 0. The third kappa shape index (κ3) is 5.47. The number of rotatable bonds is 7. The number of carbonyl (C=O) groups excluding carboxylic acids is 4. The van der Waals surface area contributed by atoms with Crippen LogP contribution in [0.3, 0.4) is 0 Å². The highest BCUT2D eigenvalue weighted by Gasteiger charge is 2.35. The van der Waals surface area contributed by atoms with Crippen LogP contribution in [0, 0.1) is 5.92 Å². The van der Waals surface area contributed by atoms with Crippen LogP contribution in [0.25, 0.3) is 6.08 Å². The molecule has 0 aromatic heterocycles. The largest absolute Gasteiger partial charge is 0.353 e. The summed E-state index contributed by atoms with van der Waals surface area (Å²) in [7, 11) is 0. The van der Waals surface area contributed by atoms with E-state index >= 15 is 0 Å². The van der Waals surface area contributed by atoms with Crippen LogP contribution in [0.5, 0.6) is 0 Å². The van der Waals surface area contributed by atoms with Crippen molar-refractivity contribution in [1.82, 2.24) is 15.5 Å². The minimum Gasteiger partial charge on any atom is -0.353 e. The average molecular weight is 416 g/mol. The molecule has 154 valence electrons. The minimum atomic E-state index is -0.567. The first kappa shape index (κ1) is 21.1. The monoisotopic (exact) mass is 415 g/mol. The molecule has 2 fully saturated rings. The van der Waals surface area contributed by atoms with E-state index in [1.807, 2.05) is 30.3 Å². The van der Waals surface area contributed by atoms with Crippen LogP contribution < -0.4 is 10.6 Å². The maximum Gasteiger partial charge on any atom is 0.293 e. The first-order chi connectivity index (χ1) is 14.0. The zero-order chi connectivity index (χ0) is 20.8. The molecule has 2 N–H and O–H groups in total. The second-order valence-corrected chi connectivity index (χ2v) is 8.25. The summed E-state index contributed by atoms with van der Waals surface area (Å²) in [5, 5.41) is 5.16. The molecule has 1 aliphatic carbocycles. The molecule has 3 rings (SSSR count). The molecule has 1 heterocycles. The molecular formula is C21H25N3O4S. The summed E-state index contributed by atoms with van der Waals surface area (Å²) in [6.45, 7) is 1.65. The van der Waals surface area contributed by atoms with Crippen LogP contribution in [-0.4, -0.2) is 47.0 Å². The Morgan fingerprint density at radius 2 is 1.90 bits per heavy atom. The molecule has 1 atom stereocenters. The van der Waals surface area contributed by atoms with Crippen LogP contribution in [0.15, 0.2) is 35.2 Å². The highest BCUT2D eigenvalue weighted by Crippen LogP contribution is 2.32. The minimum absolute atomic E-state index is 0.0972. The molecule has 2 aliphatic rings. The van der Waals surface area contributed by atoms with E-state index in [2.05, 4.69) is 10.6 Å². The van der Waals surface area contributed by atoms with Crippen molar-refractivity contribution in [2.24, 2.45) is 5.92 Å². The van der Waals surface area contributed by atoms with Crippen molar-refractivity contribution < 1.29 is 19.2 Å². The van der Waals surface area contributed by atoms with Crippen molar-refractivity contribution in [3.8, 4) is 0 Å². The summed E-state index contributed by atoms with van der Waals surface area (Å²) in [6.07, 6.45) is 5.62. The predicted octanol–water partition coefficient (Wildman–Crippen LogP) is 2.53. The second kappa shape index (κ2) is 9.73. The Hall–Kier alpha value is -2.61. The maximum absolute atomic E-state index is 12.6. The first-order valence-electron chi connectivity index (χ1n) is 9.81. The van der Waals surface area contributed by atoms with Gasteiger partial charge in [-0.3, -0.25) is 24.1 Å². The molecule has 1 saturated heterocycles. The Morgan fingerprint density at radius 1 is 1.21 bits per heavy atom. The lowest BCUT2D eigenvalue weighted by Crippen LogP contribution is -2.51. The highest BCUT2D eigenvalue weighted by molar-refractivity contribution is 8.18. The van der Waals surface area contributed by atoms with Gasteiger partial charge in [-0.15, -0.1) is 0 Å². The van der Waals surface area contributed by atoms with Gasteiger partial charge in [-0.05, 0) is 42.2 Å². The predicted molar refractivity (Wildman–Crippen MR) is 112 cm³/mol. The van der Waals surface area contributed by atoms with Crippen LogP contribution in [0.2, 0.25) is 0 Å². The lowest BCUT2D eigenvalue weighted by Gasteiger charge is -2.23. The fraction of sp³-hybridized carbons (Fsp3) is 0.429. The summed E-state index contributed by atoms with van der Waals surface area (Å²) in [6, 6.07) is 8.76. The number of benzene rings is 1. The number of imide groups is 1. The fourth-order valence-corrected chi connectivity index (χ4v) is 4.57. The van der Waals surface area contributed by atoms with E-state index in [0.717, 1.165) is 47.9 Å². The van der Waals surface area contributed by atoms with E-state index < -0.39 is 6.04 Å². The lowest BCUT2D eigenvalue weighted by atomic mass is 9.97. The van der Waals surface area contributed by atoms with E-state index in [9.17, 15) is 19.2 Å². The third-order valence-electron chi connectivity index (χ3n) is 5.12. The molecule has 1 aromatic rings. The normalized spacial score (nSPS) is 19.6. The summed E-state index contributed by atoms with van der Waals surface area (Å²) in [5.41, 5.74) is 0.848. The molecule has 0 bridgehead atoms. The van der Waals surface area contributed by atoms with Gasteiger partial charge in [0, 0.05) is 20.0 Å². The van der Waals surface area contributed by atoms with Crippen molar-refractivity contribution in [2.75, 3.05) is 13.1 Å². The van der Waals surface area contributed by atoms with Gasteiger partial charge in [0.15, 0.2) is 0 Å². The van der Waals surface area contributed by atoms with Gasteiger partial charge in [-0.2, -0.15) is 0 Å². The molecule has 4 amide bonds. The first-order valence-corrected chi connectivity index (χ1v) is 10.6. The van der Waals surface area contributed by atoms with Crippen molar-refractivity contribution >= 4 is 40.8 Å². The van der Waals surface area contributed by atoms with Gasteiger partial charge in [0.25, 0.3) is 11.1 Å². The molecule has 0 spiro atoms. The zero-order valence-corrected chi connectivity index (χ0v) is 17.2. The number of amides is 4. The SMILES string of the molecule is CC(=O)NC(C(=O)NCCN1C(=O)S/C(=C/c2ccccc2)C1=O)C1CCCC1. The Bertz CT molecular complexity index is 818. The molecule has 29 heavy (non-hydrogen) atoms. The third-order valence-corrected chi connectivity index (χ3v) is 6.03. The van der Waals surface area contributed by atoms with E-state index in [1.54, 1.807) is 6.08 Å². The second-order valence-electron chi connectivity index (χ2n) is 7.26. The Balaban J connectivity index is 1.55. The Morgan fingerprint density at radius 3 is 2.55 bits per heavy atom. The van der Waals surface area contributed by atoms with Gasteiger partial charge < -0.3 is 10.6 Å². The molecule has 0 radical (unpaired) electrons. The van der Waals surface area contributed by atoms with Crippen LogP contribution in [-0.2, 0) is 14.4 Å². The molecule has 1 aromatic carbocycles. The standard InChI is InChI=1S/C21H25N3O4S/c1-14(25)23-18(16-9-5-6-10-16)19(26)22-11-12-24-20(27)17(29-21(24)28)13-15-7-3-2-4-8-15/h2-4,7-8,13,16,18H,5-6,9-12H2,1H3,(H,22,26)(H,23,25)/b17-13+. The van der Waals surface area contributed by atoms with E-state index in [-0.39, 0.29) is 42.0 Å². The average Bonchev–Trinajstić information content (AvgIpc) is 3.31. The Labute approximate surface area is 174 Å². The van der Waals surface area contributed by atoms with E-state index in [1.165, 1.54) is 6.92 Å². The smallest absolute Gasteiger partial charge is 0.293 e. The van der Waals surface area contributed by atoms with E-state index in [4.69, 9.17) is 0 Å². The fourth-order valence-electron chi connectivity index (χ4n) is 3.70. The molecular weight excluding hydrogens is 390 g/mol. The van der Waals surface area contributed by atoms with Crippen LogP contribution in [0.4, 0.5) is 4.79 Å². The van der Waals surface area contributed by atoms with Gasteiger partial charge in [-0.25, -0.2) is 0 Å². The van der Waals surface area contributed by atoms with Crippen molar-refractivity contribution in [3.63, 3.8) is 0 Å². The number of hydrogen-bond donors (Lipinski definition) is 2. The summed E-state index contributed by atoms with van der Waals surface area (Å²) >= 11 is 0.899. The van der Waals surface area contributed by atoms with Crippen molar-refractivity contribution in [1.29, 1.82) is 0 Å². The van der Waals surface area contributed by atoms with Gasteiger partial charge in [0.2, 0.25) is 11.8 Å². The zero-order valence-electron chi connectivity index (χ0n) is 16.3.